The Morgan fingerprint density at radius 2 is 2.12 bits per heavy atom. The summed E-state index contributed by atoms with van der Waals surface area (Å²) in [4.78, 5) is 0. The van der Waals surface area contributed by atoms with Crippen LogP contribution in [0.4, 0.5) is 0 Å². The average Bonchev–Trinajstić information content (AvgIpc) is 2.73. The summed E-state index contributed by atoms with van der Waals surface area (Å²) in [6.07, 6.45) is 1.48. The van der Waals surface area contributed by atoms with E-state index >= 15 is 0 Å². The van der Waals surface area contributed by atoms with Crippen LogP contribution in [0.3, 0.4) is 0 Å². The summed E-state index contributed by atoms with van der Waals surface area (Å²) < 4.78 is 6.50. The van der Waals surface area contributed by atoms with Gasteiger partial charge in [-0.1, -0.05) is 23.9 Å². The van der Waals surface area contributed by atoms with Crippen LogP contribution in [0.2, 0.25) is 0 Å². The van der Waals surface area contributed by atoms with Gasteiger partial charge in [0.1, 0.15) is 12.1 Å². The molecule has 2 N–H and O–H groups in total. The number of hydrogen-bond donors (Lipinski definition) is 1. The normalized spacial score (nSPS) is 10.3. The first kappa shape index (κ1) is 10.8. The van der Waals surface area contributed by atoms with Gasteiger partial charge in [0.05, 0.1) is 7.11 Å². The van der Waals surface area contributed by atoms with Gasteiger partial charge >= 0.3 is 0 Å². The minimum Gasteiger partial charge on any atom is -0.497 e. The summed E-state index contributed by atoms with van der Waals surface area (Å²) in [5.41, 5.74) is 1.19. The van der Waals surface area contributed by atoms with Gasteiger partial charge in [0, 0.05) is 5.75 Å². The Kier molecular flexibility index (Phi) is 3.31. The smallest absolute Gasteiger partial charge is 0.209 e. The van der Waals surface area contributed by atoms with Gasteiger partial charge in [-0.05, 0) is 17.7 Å². The van der Waals surface area contributed by atoms with E-state index in [-0.39, 0.29) is 0 Å². The Bertz CT molecular complexity index is 454. The van der Waals surface area contributed by atoms with Crippen LogP contribution < -0.4 is 10.6 Å². The monoisotopic (exact) mass is 236 g/mol. The standard InChI is InChI=1S/C10H12N4OS/c1-15-9-4-2-8(3-5-9)6-16-10-13-12-7-14(10)11/h2-5,7H,6,11H2,1H3. The molecule has 0 aliphatic heterocycles. The van der Waals surface area contributed by atoms with Gasteiger partial charge in [-0.15, -0.1) is 10.2 Å². The average molecular weight is 236 g/mol. The lowest BCUT2D eigenvalue weighted by molar-refractivity contribution is 0.414. The number of rotatable bonds is 4. The van der Waals surface area contributed by atoms with E-state index in [1.807, 2.05) is 24.3 Å². The molecule has 1 aromatic carbocycles. The first-order valence-electron chi connectivity index (χ1n) is 4.70. The van der Waals surface area contributed by atoms with Crippen molar-refractivity contribution >= 4 is 11.8 Å². The summed E-state index contributed by atoms with van der Waals surface area (Å²) in [5.74, 6) is 7.26. The van der Waals surface area contributed by atoms with Crippen LogP contribution >= 0.6 is 11.8 Å². The maximum Gasteiger partial charge on any atom is 0.209 e. The Morgan fingerprint density at radius 3 is 2.69 bits per heavy atom. The molecule has 0 bridgehead atoms. The van der Waals surface area contributed by atoms with Crippen molar-refractivity contribution in [3.63, 3.8) is 0 Å². The molecule has 0 fully saturated rings. The molecule has 84 valence electrons. The molecule has 0 saturated carbocycles. The minimum absolute atomic E-state index is 0.704. The van der Waals surface area contributed by atoms with Gasteiger partial charge in [0.15, 0.2) is 0 Å². The van der Waals surface area contributed by atoms with Crippen molar-refractivity contribution in [1.29, 1.82) is 0 Å². The molecule has 0 unspecified atom stereocenters. The molecule has 0 aliphatic carbocycles. The largest absolute Gasteiger partial charge is 0.497 e. The molecular formula is C10H12N4OS. The summed E-state index contributed by atoms with van der Waals surface area (Å²) >= 11 is 1.54. The molecule has 1 aromatic heterocycles. The highest BCUT2D eigenvalue weighted by molar-refractivity contribution is 7.98. The number of nitrogens with zero attached hydrogens (tertiary/aromatic N) is 3. The van der Waals surface area contributed by atoms with E-state index in [1.54, 1.807) is 18.9 Å². The van der Waals surface area contributed by atoms with E-state index in [4.69, 9.17) is 10.6 Å². The molecule has 0 saturated heterocycles. The van der Waals surface area contributed by atoms with Crippen LogP contribution in [0.15, 0.2) is 35.7 Å². The molecule has 16 heavy (non-hydrogen) atoms. The molecule has 0 atom stereocenters. The Morgan fingerprint density at radius 1 is 1.38 bits per heavy atom. The Balaban J connectivity index is 1.97. The van der Waals surface area contributed by atoms with Gasteiger partial charge in [0.2, 0.25) is 5.16 Å². The zero-order chi connectivity index (χ0) is 11.4. The second-order valence-electron chi connectivity index (χ2n) is 3.16. The molecule has 0 amide bonds. The van der Waals surface area contributed by atoms with Crippen LogP contribution in [-0.4, -0.2) is 22.0 Å². The van der Waals surface area contributed by atoms with Crippen LogP contribution in [0.1, 0.15) is 5.56 Å². The molecule has 5 nitrogen and oxygen atoms in total. The van der Waals surface area contributed by atoms with Gasteiger partial charge in [-0.3, -0.25) is 0 Å². The van der Waals surface area contributed by atoms with Gasteiger partial charge < -0.3 is 10.6 Å². The number of hydrogen-bond acceptors (Lipinski definition) is 5. The van der Waals surface area contributed by atoms with E-state index < -0.39 is 0 Å². The maximum absolute atomic E-state index is 5.60. The minimum atomic E-state index is 0.704. The van der Waals surface area contributed by atoms with Crippen LogP contribution in [0.5, 0.6) is 5.75 Å². The first-order chi connectivity index (χ1) is 7.79. The van der Waals surface area contributed by atoms with Gasteiger partial charge in [0.25, 0.3) is 0 Å². The maximum atomic E-state index is 5.60. The summed E-state index contributed by atoms with van der Waals surface area (Å²) in [7, 11) is 1.65. The Labute approximate surface area is 97.6 Å². The lowest BCUT2D eigenvalue weighted by Gasteiger charge is -2.02. The summed E-state index contributed by atoms with van der Waals surface area (Å²) in [5, 5.41) is 8.30. The zero-order valence-electron chi connectivity index (χ0n) is 8.83. The number of methoxy groups -OCH3 is 1. The lowest BCUT2D eigenvalue weighted by atomic mass is 10.2. The zero-order valence-corrected chi connectivity index (χ0v) is 9.65. The SMILES string of the molecule is COc1ccc(CSc2nncn2N)cc1. The van der Waals surface area contributed by atoms with Crippen molar-refractivity contribution in [1.82, 2.24) is 14.9 Å². The number of ether oxygens (including phenoxy) is 1. The van der Waals surface area contributed by atoms with E-state index in [2.05, 4.69) is 10.2 Å². The molecule has 0 aliphatic rings. The van der Waals surface area contributed by atoms with Crippen LogP contribution in [0.25, 0.3) is 0 Å². The third-order valence-corrected chi connectivity index (χ3v) is 3.10. The van der Waals surface area contributed by atoms with Crippen LogP contribution in [0, 0.1) is 0 Å². The number of nitrogens with two attached hydrogens (primary N) is 1. The molecule has 2 rings (SSSR count). The predicted octanol–water partition coefficient (Wildman–Crippen LogP) is 1.29. The number of aromatic nitrogens is 3. The predicted molar refractivity (Wildman–Crippen MR) is 62.7 cm³/mol. The Hall–Kier alpha value is -1.69. The molecule has 2 aromatic rings. The number of nitrogen functional groups attached to an aromatic ring is 1. The van der Waals surface area contributed by atoms with Crippen molar-refractivity contribution in [2.45, 2.75) is 10.9 Å². The van der Waals surface area contributed by atoms with Gasteiger partial charge in [-0.2, -0.15) is 0 Å². The fraction of sp³-hybridized carbons (Fsp3) is 0.200. The number of benzene rings is 1. The molecule has 6 heteroatoms. The van der Waals surface area contributed by atoms with E-state index in [1.165, 1.54) is 16.6 Å². The van der Waals surface area contributed by atoms with E-state index in [0.717, 1.165) is 11.5 Å². The summed E-state index contributed by atoms with van der Waals surface area (Å²) in [6, 6.07) is 7.90. The summed E-state index contributed by atoms with van der Waals surface area (Å²) in [6.45, 7) is 0. The third-order valence-electron chi connectivity index (χ3n) is 2.07. The second-order valence-corrected chi connectivity index (χ2v) is 4.10. The highest BCUT2D eigenvalue weighted by Gasteiger charge is 2.02. The fourth-order valence-corrected chi connectivity index (χ4v) is 1.99. The molecule has 0 radical (unpaired) electrons. The highest BCUT2D eigenvalue weighted by atomic mass is 32.2. The number of thioether (sulfide) groups is 1. The van der Waals surface area contributed by atoms with Gasteiger partial charge in [-0.25, -0.2) is 4.68 Å². The van der Waals surface area contributed by atoms with Crippen molar-refractivity contribution in [2.24, 2.45) is 0 Å². The highest BCUT2D eigenvalue weighted by Crippen LogP contribution is 2.20. The van der Waals surface area contributed by atoms with Crippen LogP contribution in [-0.2, 0) is 5.75 Å². The molecule has 0 spiro atoms. The quantitative estimate of drug-likeness (QED) is 0.640. The molecule has 1 heterocycles. The lowest BCUT2D eigenvalue weighted by Crippen LogP contribution is -2.07. The molecular weight excluding hydrogens is 224 g/mol. The van der Waals surface area contributed by atoms with Crippen molar-refractivity contribution in [3.8, 4) is 5.75 Å². The third kappa shape index (κ3) is 2.46. The van der Waals surface area contributed by atoms with E-state index in [9.17, 15) is 0 Å². The second kappa shape index (κ2) is 4.89. The van der Waals surface area contributed by atoms with E-state index in [0.29, 0.717) is 5.16 Å². The van der Waals surface area contributed by atoms with Crippen molar-refractivity contribution < 1.29 is 4.74 Å². The van der Waals surface area contributed by atoms with Crippen molar-refractivity contribution in [3.05, 3.63) is 36.2 Å². The first-order valence-corrected chi connectivity index (χ1v) is 5.69. The fourth-order valence-electron chi connectivity index (χ4n) is 1.20. The topological polar surface area (TPSA) is 66.0 Å². The van der Waals surface area contributed by atoms with Crippen molar-refractivity contribution in [2.75, 3.05) is 13.0 Å².